The van der Waals surface area contributed by atoms with Crippen molar-refractivity contribution < 1.29 is 9.53 Å². The number of aromatic nitrogens is 1. The Kier molecular flexibility index (Phi) is 6.29. The molecule has 0 atom stereocenters. The Morgan fingerprint density at radius 3 is 2.38 bits per heavy atom. The molecule has 1 aromatic carbocycles. The zero-order valence-electron chi connectivity index (χ0n) is 18.3. The van der Waals surface area contributed by atoms with Crippen LogP contribution in [0.5, 0.6) is 0 Å². The van der Waals surface area contributed by atoms with Crippen molar-refractivity contribution in [3.63, 3.8) is 0 Å². The van der Waals surface area contributed by atoms with E-state index in [1.54, 1.807) is 0 Å². The first-order valence-corrected chi connectivity index (χ1v) is 11.5. The summed E-state index contributed by atoms with van der Waals surface area (Å²) in [6, 6.07) is 12.0. The van der Waals surface area contributed by atoms with E-state index >= 15 is 0 Å². The summed E-state index contributed by atoms with van der Waals surface area (Å²) in [4.78, 5) is 14.1. The SMILES string of the molecule is CC(=O)OCc1cc2ccccc2n1C1CCN(C2CCC(C(C)C)CC2)CC1. The summed E-state index contributed by atoms with van der Waals surface area (Å²) in [5, 5.41) is 1.24. The van der Waals surface area contributed by atoms with E-state index in [4.69, 9.17) is 4.74 Å². The number of hydrogen-bond donors (Lipinski definition) is 0. The molecular formula is C25H36N2O2. The van der Waals surface area contributed by atoms with Gasteiger partial charge in [0.25, 0.3) is 0 Å². The van der Waals surface area contributed by atoms with Crippen LogP contribution in [-0.2, 0) is 16.1 Å². The predicted molar refractivity (Wildman–Crippen MR) is 118 cm³/mol. The number of hydrogen-bond acceptors (Lipinski definition) is 3. The van der Waals surface area contributed by atoms with E-state index in [2.05, 4.69) is 53.6 Å². The van der Waals surface area contributed by atoms with Crippen LogP contribution < -0.4 is 0 Å². The van der Waals surface area contributed by atoms with Crippen LogP contribution in [0, 0.1) is 11.8 Å². The Hall–Kier alpha value is -1.81. The van der Waals surface area contributed by atoms with Crippen molar-refractivity contribution in [2.75, 3.05) is 13.1 Å². The molecule has 2 aliphatic rings. The molecule has 1 aromatic heterocycles. The molecule has 0 unspecified atom stereocenters. The van der Waals surface area contributed by atoms with Crippen LogP contribution in [0.25, 0.3) is 10.9 Å². The summed E-state index contributed by atoms with van der Waals surface area (Å²) >= 11 is 0. The number of para-hydroxylation sites is 1. The number of likely N-dealkylation sites (tertiary alicyclic amines) is 1. The average Bonchev–Trinajstić information content (AvgIpc) is 3.11. The maximum absolute atomic E-state index is 11.4. The number of benzene rings is 1. The third-order valence-electron chi connectivity index (χ3n) is 7.32. The van der Waals surface area contributed by atoms with Gasteiger partial charge in [-0.25, -0.2) is 0 Å². The highest BCUT2D eigenvalue weighted by Crippen LogP contribution is 2.36. The van der Waals surface area contributed by atoms with E-state index < -0.39 is 0 Å². The van der Waals surface area contributed by atoms with Gasteiger partial charge in [-0.15, -0.1) is 0 Å². The van der Waals surface area contributed by atoms with Gasteiger partial charge in [0.1, 0.15) is 6.61 Å². The molecule has 2 fully saturated rings. The maximum atomic E-state index is 11.4. The number of carbonyl (C=O) groups is 1. The summed E-state index contributed by atoms with van der Waals surface area (Å²) in [7, 11) is 0. The van der Waals surface area contributed by atoms with Gasteiger partial charge in [-0.1, -0.05) is 32.0 Å². The molecule has 0 amide bonds. The summed E-state index contributed by atoms with van der Waals surface area (Å²) < 4.78 is 7.81. The van der Waals surface area contributed by atoms with Gasteiger partial charge in [0.2, 0.25) is 0 Å². The topological polar surface area (TPSA) is 34.5 Å². The lowest BCUT2D eigenvalue weighted by molar-refractivity contribution is -0.142. The second kappa shape index (κ2) is 8.91. The largest absolute Gasteiger partial charge is 0.459 e. The highest BCUT2D eigenvalue weighted by molar-refractivity contribution is 5.81. The van der Waals surface area contributed by atoms with E-state index in [1.165, 1.54) is 69.4 Å². The molecule has 0 N–H and O–H groups in total. The van der Waals surface area contributed by atoms with Crippen LogP contribution in [0.4, 0.5) is 0 Å². The number of esters is 1. The van der Waals surface area contributed by atoms with Crippen LogP contribution in [-0.4, -0.2) is 34.6 Å². The molecule has 4 heteroatoms. The highest BCUT2D eigenvalue weighted by atomic mass is 16.5. The van der Waals surface area contributed by atoms with Gasteiger partial charge < -0.3 is 14.2 Å². The molecule has 1 saturated heterocycles. The molecule has 1 aliphatic carbocycles. The number of carbonyl (C=O) groups excluding carboxylic acids is 1. The molecule has 1 aliphatic heterocycles. The van der Waals surface area contributed by atoms with Gasteiger partial charge in [-0.05, 0) is 67.9 Å². The van der Waals surface area contributed by atoms with Crippen molar-refractivity contribution in [3.05, 3.63) is 36.0 Å². The molecule has 1 saturated carbocycles. The lowest BCUT2D eigenvalue weighted by atomic mass is 9.79. The average molecular weight is 397 g/mol. The number of nitrogens with zero attached hydrogens (tertiary/aromatic N) is 2. The lowest BCUT2D eigenvalue weighted by Crippen LogP contribution is -2.44. The first-order chi connectivity index (χ1) is 14.0. The van der Waals surface area contributed by atoms with E-state index in [9.17, 15) is 4.79 Å². The first kappa shape index (κ1) is 20.5. The maximum Gasteiger partial charge on any atom is 0.303 e. The molecule has 0 bridgehead atoms. The Balaban J connectivity index is 1.44. The normalized spacial score (nSPS) is 24.3. The standard InChI is InChI=1S/C25H36N2O2/c1-18(2)20-8-10-22(11-9-20)26-14-12-23(13-15-26)27-24(17-29-19(3)28)16-21-6-4-5-7-25(21)27/h4-7,16,18,20,22-23H,8-15,17H2,1-3H3. The minimum atomic E-state index is -0.214. The minimum absolute atomic E-state index is 0.214. The van der Waals surface area contributed by atoms with Crippen LogP contribution in [0.3, 0.4) is 0 Å². The quantitative estimate of drug-likeness (QED) is 0.621. The fraction of sp³-hybridized carbons (Fsp3) is 0.640. The zero-order valence-corrected chi connectivity index (χ0v) is 18.3. The number of ether oxygens (including phenoxy) is 1. The van der Waals surface area contributed by atoms with Crippen molar-refractivity contribution in [1.82, 2.24) is 9.47 Å². The molecule has 29 heavy (non-hydrogen) atoms. The molecule has 4 rings (SSSR count). The summed E-state index contributed by atoms with van der Waals surface area (Å²) in [5.41, 5.74) is 2.39. The van der Waals surface area contributed by atoms with Gasteiger partial charge in [0, 0.05) is 37.6 Å². The molecule has 0 spiro atoms. The first-order valence-electron chi connectivity index (χ1n) is 11.5. The van der Waals surface area contributed by atoms with Crippen molar-refractivity contribution in [2.24, 2.45) is 11.8 Å². The molecule has 2 heterocycles. The smallest absolute Gasteiger partial charge is 0.303 e. The van der Waals surface area contributed by atoms with Crippen molar-refractivity contribution in [2.45, 2.75) is 78.0 Å². The van der Waals surface area contributed by atoms with Gasteiger partial charge in [0.05, 0.1) is 5.69 Å². The van der Waals surface area contributed by atoms with Crippen LogP contribution in [0.15, 0.2) is 30.3 Å². The Labute approximate surface area is 175 Å². The highest BCUT2D eigenvalue weighted by Gasteiger charge is 2.31. The van der Waals surface area contributed by atoms with Crippen LogP contribution in [0.1, 0.15) is 71.0 Å². The van der Waals surface area contributed by atoms with Crippen LogP contribution >= 0.6 is 0 Å². The Morgan fingerprint density at radius 2 is 1.72 bits per heavy atom. The predicted octanol–water partition coefficient (Wildman–Crippen LogP) is 5.56. The molecule has 4 nitrogen and oxygen atoms in total. The Bertz CT molecular complexity index is 824. The molecule has 158 valence electrons. The fourth-order valence-electron chi connectivity index (χ4n) is 5.59. The summed E-state index contributed by atoms with van der Waals surface area (Å²) in [6.07, 6.45) is 7.90. The minimum Gasteiger partial charge on any atom is -0.459 e. The number of fused-ring (bicyclic) bond motifs is 1. The second-order valence-electron chi connectivity index (χ2n) is 9.42. The van der Waals surface area contributed by atoms with Gasteiger partial charge in [-0.3, -0.25) is 4.79 Å². The van der Waals surface area contributed by atoms with Gasteiger partial charge in [0.15, 0.2) is 0 Å². The molecule has 2 aromatic rings. The van der Waals surface area contributed by atoms with Crippen molar-refractivity contribution >= 4 is 16.9 Å². The summed E-state index contributed by atoms with van der Waals surface area (Å²) in [5.74, 6) is 1.55. The zero-order chi connectivity index (χ0) is 20.4. The number of rotatable bonds is 5. The third-order valence-corrected chi connectivity index (χ3v) is 7.32. The Morgan fingerprint density at radius 1 is 1.03 bits per heavy atom. The van der Waals surface area contributed by atoms with Gasteiger partial charge >= 0.3 is 5.97 Å². The monoisotopic (exact) mass is 396 g/mol. The second-order valence-corrected chi connectivity index (χ2v) is 9.42. The molecular weight excluding hydrogens is 360 g/mol. The lowest BCUT2D eigenvalue weighted by Gasteiger charge is -2.42. The van der Waals surface area contributed by atoms with Gasteiger partial charge in [-0.2, -0.15) is 0 Å². The number of piperidine rings is 1. The van der Waals surface area contributed by atoms with Crippen molar-refractivity contribution in [3.8, 4) is 0 Å². The third kappa shape index (κ3) is 4.53. The molecule has 0 radical (unpaired) electrons. The fourth-order valence-corrected chi connectivity index (χ4v) is 5.59. The van der Waals surface area contributed by atoms with E-state index in [1.807, 2.05) is 0 Å². The van der Waals surface area contributed by atoms with Crippen LogP contribution in [0.2, 0.25) is 0 Å². The van der Waals surface area contributed by atoms with E-state index in [-0.39, 0.29) is 5.97 Å². The van der Waals surface area contributed by atoms with E-state index in [0.29, 0.717) is 12.6 Å². The van der Waals surface area contributed by atoms with Crippen molar-refractivity contribution in [1.29, 1.82) is 0 Å². The summed E-state index contributed by atoms with van der Waals surface area (Å²) in [6.45, 7) is 8.97. The van der Waals surface area contributed by atoms with E-state index in [0.717, 1.165) is 23.6 Å².